The molecule has 4 nitrogen and oxygen atoms in total. The average Bonchev–Trinajstić information content (AvgIpc) is 2.26. The van der Waals surface area contributed by atoms with Crippen molar-refractivity contribution in [1.29, 1.82) is 0 Å². The third-order valence-corrected chi connectivity index (χ3v) is 2.72. The highest BCUT2D eigenvalue weighted by Gasteiger charge is 2.10. The lowest BCUT2D eigenvalue weighted by Gasteiger charge is -2.12. The molecule has 5 heteroatoms. The Morgan fingerprint density at radius 1 is 1.29 bits per heavy atom. The number of carbonyl (C=O) groups excluding carboxylic acids is 1. The molecule has 17 heavy (non-hydrogen) atoms. The van der Waals surface area contributed by atoms with Gasteiger partial charge in [0.15, 0.2) is 0 Å². The first-order valence-electron chi connectivity index (χ1n) is 5.22. The molecular weight excluding hydrogens is 238 g/mol. The topological polar surface area (TPSA) is 61.5 Å². The SMILES string of the molecule is CSCC(=O)Oc1cc(C)c(OCN)cc1C. The number of esters is 1. The Hall–Kier alpha value is -1.20. The van der Waals surface area contributed by atoms with E-state index in [0.717, 1.165) is 16.9 Å². The van der Waals surface area contributed by atoms with Crippen LogP contribution >= 0.6 is 11.8 Å². The lowest BCUT2D eigenvalue weighted by Crippen LogP contribution is -2.12. The van der Waals surface area contributed by atoms with Crippen molar-refractivity contribution >= 4 is 17.7 Å². The molecule has 0 aliphatic rings. The van der Waals surface area contributed by atoms with Crippen molar-refractivity contribution in [1.82, 2.24) is 0 Å². The van der Waals surface area contributed by atoms with Crippen LogP contribution in [0.25, 0.3) is 0 Å². The number of aryl methyl sites for hydroxylation is 2. The van der Waals surface area contributed by atoms with Crippen molar-refractivity contribution < 1.29 is 14.3 Å². The Morgan fingerprint density at radius 2 is 1.88 bits per heavy atom. The molecule has 0 spiro atoms. The van der Waals surface area contributed by atoms with Crippen LogP contribution in [0.1, 0.15) is 11.1 Å². The van der Waals surface area contributed by atoms with E-state index in [9.17, 15) is 4.79 Å². The summed E-state index contributed by atoms with van der Waals surface area (Å²) in [6, 6.07) is 3.61. The third-order valence-electron chi connectivity index (χ3n) is 2.20. The van der Waals surface area contributed by atoms with Gasteiger partial charge in [-0.3, -0.25) is 10.5 Å². The van der Waals surface area contributed by atoms with Crippen molar-refractivity contribution in [2.24, 2.45) is 5.73 Å². The molecule has 0 aliphatic carbocycles. The predicted molar refractivity (Wildman–Crippen MR) is 69.6 cm³/mol. The number of thioether (sulfide) groups is 1. The van der Waals surface area contributed by atoms with Gasteiger partial charge in [-0.15, -0.1) is 0 Å². The number of hydrogen-bond acceptors (Lipinski definition) is 5. The Labute approximate surface area is 105 Å². The van der Waals surface area contributed by atoms with Gasteiger partial charge < -0.3 is 9.47 Å². The number of carbonyl (C=O) groups is 1. The molecular formula is C12H17NO3S. The fourth-order valence-electron chi connectivity index (χ4n) is 1.39. The number of ether oxygens (including phenoxy) is 2. The number of nitrogens with two attached hydrogens (primary N) is 1. The molecule has 0 aliphatic heterocycles. The van der Waals surface area contributed by atoms with E-state index in [1.807, 2.05) is 26.2 Å². The smallest absolute Gasteiger partial charge is 0.321 e. The van der Waals surface area contributed by atoms with Gasteiger partial charge in [-0.05, 0) is 43.4 Å². The average molecular weight is 255 g/mol. The van der Waals surface area contributed by atoms with Crippen molar-refractivity contribution in [3.05, 3.63) is 23.3 Å². The molecule has 1 aromatic carbocycles. The third kappa shape index (κ3) is 3.94. The van der Waals surface area contributed by atoms with E-state index >= 15 is 0 Å². The summed E-state index contributed by atoms with van der Waals surface area (Å²) in [5.74, 6) is 1.40. The summed E-state index contributed by atoms with van der Waals surface area (Å²) in [6.07, 6.45) is 1.86. The molecule has 0 radical (unpaired) electrons. The minimum absolute atomic E-state index is 0.131. The first kappa shape index (κ1) is 13.9. The summed E-state index contributed by atoms with van der Waals surface area (Å²) in [7, 11) is 0. The lowest BCUT2D eigenvalue weighted by molar-refractivity contribution is -0.131. The zero-order valence-corrected chi connectivity index (χ0v) is 11.1. The van der Waals surface area contributed by atoms with Crippen LogP contribution in [0.5, 0.6) is 11.5 Å². The van der Waals surface area contributed by atoms with Gasteiger partial charge in [-0.2, -0.15) is 11.8 Å². The Balaban J connectivity index is 2.87. The second-order valence-electron chi connectivity index (χ2n) is 3.60. The van der Waals surface area contributed by atoms with Crippen LogP contribution in [-0.4, -0.2) is 24.7 Å². The lowest BCUT2D eigenvalue weighted by atomic mass is 10.1. The van der Waals surface area contributed by atoms with Crippen LogP contribution in [0, 0.1) is 13.8 Å². The summed E-state index contributed by atoms with van der Waals surface area (Å²) >= 11 is 1.43. The predicted octanol–water partition coefficient (Wildman–Crippen LogP) is 1.87. The first-order valence-corrected chi connectivity index (χ1v) is 6.61. The van der Waals surface area contributed by atoms with Crippen LogP contribution in [0.15, 0.2) is 12.1 Å². The molecule has 0 atom stereocenters. The highest BCUT2D eigenvalue weighted by Crippen LogP contribution is 2.28. The van der Waals surface area contributed by atoms with E-state index < -0.39 is 0 Å². The molecule has 0 saturated heterocycles. The maximum atomic E-state index is 11.4. The molecule has 0 fully saturated rings. The molecule has 0 amide bonds. The fourth-order valence-corrected chi connectivity index (χ4v) is 1.68. The van der Waals surface area contributed by atoms with Crippen molar-refractivity contribution in [3.8, 4) is 11.5 Å². The van der Waals surface area contributed by atoms with Gasteiger partial charge in [0.1, 0.15) is 18.2 Å². The van der Waals surface area contributed by atoms with Crippen molar-refractivity contribution in [2.75, 3.05) is 18.7 Å². The summed E-state index contributed by atoms with van der Waals surface area (Å²) in [5.41, 5.74) is 7.08. The Kier molecular flexibility index (Phi) is 5.31. The summed E-state index contributed by atoms with van der Waals surface area (Å²) in [4.78, 5) is 11.4. The van der Waals surface area contributed by atoms with Gasteiger partial charge in [0.25, 0.3) is 0 Å². The molecule has 0 bridgehead atoms. The second kappa shape index (κ2) is 6.51. The van der Waals surface area contributed by atoms with Gasteiger partial charge in [0, 0.05) is 0 Å². The summed E-state index contributed by atoms with van der Waals surface area (Å²) in [6.45, 7) is 3.88. The van der Waals surface area contributed by atoms with E-state index in [0.29, 0.717) is 11.5 Å². The molecule has 94 valence electrons. The molecule has 1 aromatic rings. The van der Waals surface area contributed by atoms with Gasteiger partial charge in [0.2, 0.25) is 0 Å². The van der Waals surface area contributed by atoms with Crippen molar-refractivity contribution in [2.45, 2.75) is 13.8 Å². The van der Waals surface area contributed by atoms with Crippen molar-refractivity contribution in [3.63, 3.8) is 0 Å². The summed E-state index contributed by atoms with van der Waals surface area (Å²) < 4.78 is 10.5. The molecule has 0 heterocycles. The largest absolute Gasteiger partial charge is 0.478 e. The number of benzene rings is 1. The van der Waals surface area contributed by atoms with Crippen LogP contribution in [0.3, 0.4) is 0 Å². The molecule has 0 saturated carbocycles. The van der Waals surface area contributed by atoms with E-state index in [1.54, 1.807) is 6.07 Å². The molecule has 1 rings (SSSR count). The first-order chi connectivity index (χ1) is 8.08. The van der Waals surface area contributed by atoms with E-state index in [-0.39, 0.29) is 12.7 Å². The van der Waals surface area contributed by atoms with Gasteiger partial charge >= 0.3 is 5.97 Å². The van der Waals surface area contributed by atoms with E-state index in [4.69, 9.17) is 15.2 Å². The molecule has 0 aromatic heterocycles. The zero-order chi connectivity index (χ0) is 12.8. The second-order valence-corrected chi connectivity index (χ2v) is 4.47. The summed E-state index contributed by atoms with van der Waals surface area (Å²) in [5, 5.41) is 0. The zero-order valence-electron chi connectivity index (χ0n) is 10.3. The minimum atomic E-state index is -0.243. The van der Waals surface area contributed by atoms with Gasteiger partial charge in [-0.25, -0.2) is 0 Å². The number of hydrogen-bond donors (Lipinski definition) is 1. The standard InChI is InChI=1S/C12H17NO3S/c1-8-5-11(16-12(14)6-17-3)9(2)4-10(8)15-7-13/h4-5H,6-7,13H2,1-3H3. The monoisotopic (exact) mass is 255 g/mol. The van der Waals surface area contributed by atoms with E-state index in [2.05, 4.69) is 0 Å². The van der Waals surface area contributed by atoms with Gasteiger partial charge in [-0.1, -0.05) is 0 Å². The maximum absolute atomic E-state index is 11.4. The van der Waals surface area contributed by atoms with Gasteiger partial charge in [0.05, 0.1) is 5.75 Å². The highest BCUT2D eigenvalue weighted by molar-refractivity contribution is 7.99. The minimum Gasteiger partial charge on any atom is -0.478 e. The number of rotatable bonds is 5. The molecule has 0 unspecified atom stereocenters. The Bertz CT molecular complexity index is 407. The highest BCUT2D eigenvalue weighted by atomic mass is 32.2. The molecule has 2 N–H and O–H groups in total. The van der Waals surface area contributed by atoms with Crippen LogP contribution in [-0.2, 0) is 4.79 Å². The normalized spacial score (nSPS) is 10.1. The van der Waals surface area contributed by atoms with Crippen LogP contribution in [0.4, 0.5) is 0 Å². The van der Waals surface area contributed by atoms with E-state index in [1.165, 1.54) is 11.8 Å². The maximum Gasteiger partial charge on any atom is 0.321 e. The van der Waals surface area contributed by atoms with Crippen LogP contribution in [0.2, 0.25) is 0 Å². The fraction of sp³-hybridized carbons (Fsp3) is 0.417. The quantitative estimate of drug-likeness (QED) is 0.494. The van der Waals surface area contributed by atoms with Crippen LogP contribution < -0.4 is 15.2 Å². The Morgan fingerprint density at radius 3 is 2.47 bits per heavy atom.